The molecule has 1 aromatic heterocycles. The first kappa shape index (κ1) is 12.0. The van der Waals surface area contributed by atoms with Crippen molar-refractivity contribution >= 4 is 11.6 Å². The maximum Gasteiger partial charge on any atom is 0.136 e. The Morgan fingerprint density at radius 3 is 2.47 bits per heavy atom. The molecule has 0 aliphatic carbocycles. The second kappa shape index (κ2) is 4.41. The van der Waals surface area contributed by atoms with Gasteiger partial charge in [-0.05, 0) is 43.2 Å². The molecule has 0 radical (unpaired) electrons. The summed E-state index contributed by atoms with van der Waals surface area (Å²) in [7, 11) is 0. The second-order valence-corrected chi connectivity index (χ2v) is 4.24. The van der Waals surface area contributed by atoms with Gasteiger partial charge in [-0.15, -0.1) is 0 Å². The monoisotopic (exact) mass is 253 g/mol. The molecule has 0 fully saturated rings. The van der Waals surface area contributed by atoms with Crippen molar-refractivity contribution in [3.05, 3.63) is 52.3 Å². The fraction of sp³-hybridized carbons (Fsp3) is 0.154. The molecule has 17 heavy (non-hydrogen) atoms. The van der Waals surface area contributed by atoms with Gasteiger partial charge in [0.25, 0.3) is 0 Å². The fourth-order valence-electron chi connectivity index (χ4n) is 1.71. The van der Waals surface area contributed by atoms with Gasteiger partial charge in [-0.1, -0.05) is 11.6 Å². The highest BCUT2D eigenvalue weighted by molar-refractivity contribution is 6.32. The number of pyridine rings is 1. The van der Waals surface area contributed by atoms with Crippen LogP contribution < -0.4 is 0 Å². The Hall–Kier alpha value is -1.48. The number of hydrogen-bond donors (Lipinski definition) is 0. The molecule has 88 valence electrons. The van der Waals surface area contributed by atoms with Gasteiger partial charge in [0, 0.05) is 17.3 Å². The highest BCUT2D eigenvalue weighted by Gasteiger charge is 2.15. The third kappa shape index (κ3) is 2.15. The van der Waals surface area contributed by atoms with Crippen molar-refractivity contribution in [1.82, 2.24) is 4.98 Å². The predicted molar refractivity (Wildman–Crippen MR) is 64.1 cm³/mol. The van der Waals surface area contributed by atoms with Crippen molar-refractivity contribution in [3.63, 3.8) is 0 Å². The highest BCUT2D eigenvalue weighted by Crippen LogP contribution is 2.32. The van der Waals surface area contributed by atoms with E-state index in [1.54, 1.807) is 12.3 Å². The van der Waals surface area contributed by atoms with Crippen LogP contribution in [0.2, 0.25) is 5.15 Å². The average Bonchev–Trinajstić information content (AvgIpc) is 2.29. The molecule has 0 aliphatic rings. The lowest BCUT2D eigenvalue weighted by Crippen LogP contribution is -1.95. The van der Waals surface area contributed by atoms with Gasteiger partial charge in [-0.25, -0.2) is 13.8 Å². The first-order chi connectivity index (χ1) is 8.00. The Balaban J connectivity index is 2.76. The summed E-state index contributed by atoms with van der Waals surface area (Å²) in [6, 6.07) is 3.89. The molecule has 0 atom stereocenters. The normalized spacial score (nSPS) is 10.6. The maximum atomic E-state index is 13.8. The van der Waals surface area contributed by atoms with Crippen LogP contribution in [0.15, 0.2) is 24.4 Å². The van der Waals surface area contributed by atoms with E-state index in [1.807, 2.05) is 6.92 Å². The van der Waals surface area contributed by atoms with Crippen molar-refractivity contribution < 1.29 is 8.78 Å². The first-order valence-electron chi connectivity index (χ1n) is 5.08. The Bertz CT molecular complexity index is 582. The van der Waals surface area contributed by atoms with Gasteiger partial charge in [0.05, 0.1) is 0 Å². The summed E-state index contributed by atoms with van der Waals surface area (Å²) in [5, 5.41) is 0.170. The van der Waals surface area contributed by atoms with Crippen LogP contribution in [-0.4, -0.2) is 4.98 Å². The predicted octanol–water partition coefficient (Wildman–Crippen LogP) is 4.30. The minimum Gasteiger partial charge on any atom is -0.244 e. The molecular formula is C13H10ClF2N. The molecule has 0 spiro atoms. The van der Waals surface area contributed by atoms with Crippen LogP contribution >= 0.6 is 11.6 Å². The molecule has 2 rings (SSSR count). The number of benzene rings is 1. The molecule has 4 heteroatoms. The van der Waals surface area contributed by atoms with E-state index in [2.05, 4.69) is 4.98 Å². The van der Waals surface area contributed by atoms with E-state index in [-0.39, 0.29) is 16.3 Å². The maximum absolute atomic E-state index is 13.8. The number of rotatable bonds is 1. The van der Waals surface area contributed by atoms with E-state index in [1.165, 1.54) is 6.92 Å². The minimum atomic E-state index is -0.502. The van der Waals surface area contributed by atoms with E-state index < -0.39 is 11.6 Å². The number of nitrogens with zero attached hydrogens (tertiary/aromatic N) is 1. The third-order valence-corrected chi connectivity index (χ3v) is 2.89. The Labute approximate surface area is 103 Å². The molecule has 0 unspecified atom stereocenters. The fourth-order valence-corrected chi connectivity index (χ4v) is 1.91. The number of halogens is 3. The molecule has 0 N–H and O–H groups in total. The van der Waals surface area contributed by atoms with Gasteiger partial charge < -0.3 is 0 Å². The van der Waals surface area contributed by atoms with Crippen LogP contribution in [0.4, 0.5) is 8.78 Å². The molecule has 0 saturated heterocycles. The van der Waals surface area contributed by atoms with Crippen molar-refractivity contribution in [1.29, 1.82) is 0 Å². The van der Waals surface area contributed by atoms with Crippen LogP contribution in [0.1, 0.15) is 11.1 Å². The molecule has 0 amide bonds. The van der Waals surface area contributed by atoms with Gasteiger partial charge >= 0.3 is 0 Å². The summed E-state index contributed by atoms with van der Waals surface area (Å²) < 4.78 is 27.2. The largest absolute Gasteiger partial charge is 0.244 e. The van der Waals surface area contributed by atoms with E-state index in [4.69, 9.17) is 11.6 Å². The van der Waals surface area contributed by atoms with Gasteiger partial charge in [0.2, 0.25) is 0 Å². The summed E-state index contributed by atoms with van der Waals surface area (Å²) >= 11 is 5.93. The lowest BCUT2D eigenvalue weighted by molar-refractivity contribution is 0.595. The van der Waals surface area contributed by atoms with Crippen molar-refractivity contribution in [2.75, 3.05) is 0 Å². The van der Waals surface area contributed by atoms with Crippen LogP contribution in [0, 0.1) is 25.5 Å². The van der Waals surface area contributed by atoms with Crippen LogP contribution in [0.25, 0.3) is 11.1 Å². The Morgan fingerprint density at radius 2 is 1.76 bits per heavy atom. The van der Waals surface area contributed by atoms with Gasteiger partial charge in [-0.2, -0.15) is 0 Å². The molecule has 0 saturated carbocycles. The molecule has 1 heterocycles. The molecule has 0 aliphatic heterocycles. The molecule has 2 aromatic rings. The van der Waals surface area contributed by atoms with Crippen molar-refractivity contribution in [3.8, 4) is 11.1 Å². The molecule has 1 nitrogen and oxygen atoms in total. The van der Waals surface area contributed by atoms with Crippen LogP contribution in [0.3, 0.4) is 0 Å². The topological polar surface area (TPSA) is 12.9 Å². The zero-order chi connectivity index (χ0) is 12.6. The quantitative estimate of drug-likeness (QED) is 0.691. The smallest absolute Gasteiger partial charge is 0.136 e. The van der Waals surface area contributed by atoms with Gasteiger partial charge in [-0.3, -0.25) is 0 Å². The lowest BCUT2D eigenvalue weighted by atomic mass is 10.00. The standard InChI is InChI=1S/C13H10ClF2N/c1-7-5-9(13(14)17-6-7)12-8(2)10(15)3-4-11(12)16/h3-6H,1-2H3. The molecule has 0 bridgehead atoms. The minimum absolute atomic E-state index is 0.170. The number of hydrogen-bond acceptors (Lipinski definition) is 1. The van der Waals surface area contributed by atoms with Gasteiger partial charge in [0.15, 0.2) is 0 Å². The van der Waals surface area contributed by atoms with E-state index in [0.29, 0.717) is 5.56 Å². The summed E-state index contributed by atoms with van der Waals surface area (Å²) in [6.07, 6.45) is 1.58. The van der Waals surface area contributed by atoms with E-state index in [0.717, 1.165) is 17.7 Å². The lowest BCUT2D eigenvalue weighted by Gasteiger charge is -2.10. The summed E-state index contributed by atoms with van der Waals surface area (Å²) in [4.78, 5) is 3.94. The summed E-state index contributed by atoms with van der Waals surface area (Å²) in [5.74, 6) is -0.961. The van der Waals surface area contributed by atoms with E-state index >= 15 is 0 Å². The number of aromatic nitrogens is 1. The summed E-state index contributed by atoms with van der Waals surface area (Å²) in [5.41, 5.74) is 1.67. The van der Waals surface area contributed by atoms with E-state index in [9.17, 15) is 8.78 Å². The van der Waals surface area contributed by atoms with Gasteiger partial charge in [0.1, 0.15) is 16.8 Å². The second-order valence-electron chi connectivity index (χ2n) is 3.88. The Kier molecular flexibility index (Phi) is 3.11. The van der Waals surface area contributed by atoms with Crippen molar-refractivity contribution in [2.24, 2.45) is 0 Å². The average molecular weight is 254 g/mol. The van der Waals surface area contributed by atoms with Crippen molar-refractivity contribution in [2.45, 2.75) is 13.8 Å². The molecule has 1 aromatic carbocycles. The zero-order valence-corrected chi connectivity index (χ0v) is 10.1. The third-order valence-electron chi connectivity index (χ3n) is 2.59. The van der Waals surface area contributed by atoms with Crippen LogP contribution in [0.5, 0.6) is 0 Å². The number of aryl methyl sites for hydroxylation is 1. The van der Waals surface area contributed by atoms with Crippen LogP contribution in [-0.2, 0) is 0 Å². The first-order valence-corrected chi connectivity index (χ1v) is 5.45. The zero-order valence-electron chi connectivity index (χ0n) is 9.39. The SMILES string of the molecule is Cc1cnc(Cl)c(-c2c(F)ccc(F)c2C)c1. The Morgan fingerprint density at radius 1 is 1.12 bits per heavy atom. The summed E-state index contributed by atoms with van der Waals surface area (Å²) in [6.45, 7) is 3.34. The highest BCUT2D eigenvalue weighted by atomic mass is 35.5. The molecular weight excluding hydrogens is 244 g/mol.